The second-order valence-corrected chi connectivity index (χ2v) is 4.36. The zero-order valence-electron chi connectivity index (χ0n) is 10.1. The van der Waals surface area contributed by atoms with E-state index in [0.29, 0.717) is 0 Å². The van der Waals surface area contributed by atoms with Gasteiger partial charge in [0.1, 0.15) is 12.1 Å². The van der Waals surface area contributed by atoms with Gasteiger partial charge in [-0.3, -0.25) is 0 Å². The van der Waals surface area contributed by atoms with Gasteiger partial charge in [-0.15, -0.1) is 0 Å². The normalized spacial score (nSPS) is 18.1. The molecule has 0 atom stereocenters. The second kappa shape index (κ2) is 5.25. The molecule has 1 aromatic rings. The molecule has 2 heterocycles. The smallest absolute Gasteiger partial charge is 0.131 e. The van der Waals surface area contributed by atoms with Crippen LogP contribution >= 0.6 is 0 Å². The van der Waals surface area contributed by atoms with E-state index in [9.17, 15) is 0 Å². The molecule has 16 heavy (non-hydrogen) atoms. The van der Waals surface area contributed by atoms with Gasteiger partial charge in [-0.25, -0.2) is 9.97 Å². The van der Waals surface area contributed by atoms with Crippen LogP contribution in [0.25, 0.3) is 0 Å². The first-order valence-corrected chi connectivity index (χ1v) is 6.02. The van der Waals surface area contributed by atoms with Crippen LogP contribution in [0.2, 0.25) is 0 Å². The molecular weight excluding hydrogens is 200 g/mol. The zero-order valence-corrected chi connectivity index (χ0v) is 10.1. The molecule has 0 unspecified atom stereocenters. The molecular formula is C12H20N4. The first kappa shape index (κ1) is 11.3. The van der Waals surface area contributed by atoms with Crippen LogP contribution in [0, 0.1) is 0 Å². The lowest BCUT2D eigenvalue weighted by Gasteiger charge is -2.36. The second-order valence-electron chi connectivity index (χ2n) is 4.36. The molecule has 1 aliphatic heterocycles. The Morgan fingerprint density at radius 1 is 1.44 bits per heavy atom. The highest BCUT2D eigenvalue weighted by molar-refractivity contribution is 5.36. The predicted octanol–water partition coefficient (Wildman–Crippen LogP) is 1.40. The first-order chi connectivity index (χ1) is 7.81. The summed E-state index contributed by atoms with van der Waals surface area (Å²) in [6.07, 6.45) is 5.90. The van der Waals surface area contributed by atoms with Crippen LogP contribution in [0.3, 0.4) is 0 Å². The summed E-state index contributed by atoms with van der Waals surface area (Å²) in [5.74, 6) is 1.06. The van der Waals surface area contributed by atoms with Crippen LogP contribution < -0.4 is 4.90 Å². The van der Waals surface area contributed by atoms with Crippen molar-refractivity contribution in [3.63, 3.8) is 0 Å². The van der Waals surface area contributed by atoms with Gasteiger partial charge in [-0.1, -0.05) is 6.92 Å². The molecule has 0 bridgehead atoms. The minimum Gasteiger partial charge on any atom is -0.356 e. The molecule has 1 aromatic heterocycles. The molecule has 88 valence electrons. The van der Waals surface area contributed by atoms with Crippen molar-refractivity contribution in [1.82, 2.24) is 14.9 Å². The Morgan fingerprint density at radius 2 is 2.19 bits per heavy atom. The van der Waals surface area contributed by atoms with Crippen molar-refractivity contribution in [3.05, 3.63) is 18.6 Å². The maximum Gasteiger partial charge on any atom is 0.131 e. The Hall–Kier alpha value is -1.16. The Balaban J connectivity index is 1.91. The summed E-state index contributed by atoms with van der Waals surface area (Å²) in [5, 5.41) is 0. The SMILES string of the molecule is CCN(C)C1CCN(c2ccncn2)CC1. The van der Waals surface area contributed by atoms with E-state index in [1.165, 1.54) is 12.8 Å². The summed E-state index contributed by atoms with van der Waals surface area (Å²) in [7, 11) is 2.21. The first-order valence-electron chi connectivity index (χ1n) is 6.02. The van der Waals surface area contributed by atoms with Crippen molar-refractivity contribution in [2.75, 3.05) is 31.6 Å². The van der Waals surface area contributed by atoms with Gasteiger partial charge in [0.15, 0.2) is 0 Å². The van der Waals surface area contributed by atoms with Crippen molar-refractivity contribution in [2.24, 2.45) is 0 Å². The van der Waals surface area contributed by atoms with Crippen molar-refractivity contribution >= 4 is 5.82 Å². The minimum atomic E-state index is 0.739. The van der Waals surface area contributed by atoms with E-state index >= 15 is 0 Å². The van der Waals surface area contributed by atoms with E-state index in [2.05, 4.69) is 33.7 Å². The van der Waals surface area contributed by atoms with E-state index in [0.717, 1.165) is 31.5 Å². The maximum atomic E-state index is 4.29. The molecule has 0 amide bonds. The quantitative estimate of drug-likeness (QED) is 0.770. The Bertz CT molecular complexity index is 306. The molecule has 0 radical (unpaired) electrons. The fourth-order valence-corrected chi connectivity index (χ4v) is 2.26. The van der Waals surface area contributed by atoms with Crippen LogP contribution in [0.15, 0.2) is 18.6 Å². The van der Waals surface area contributed by atoms with Gasteiger partial charge in [-0.2, -0.15) is 0 Å². The van der Waals surface area contributed by atoms with Gasteiger partial charge >= 0.3 is 0 Å². The van der Waals surface area contributed by atoms with Crippen LogP contribution in [0.1, 0.15) is 19.8 Å². The van der Waals surface area contributed by atoms with Crippen LogP contribution in [0.4, 0.5) is 5.82 Å². The maximum absolute atomic E-state index is 4.29. The van der Waals surface area contributed by atoms with Gasteiger partial charge in [-0.05, 0) is 32.5 Å². The van der Waals surface area contributed by atoms with Crippen LogP contribution in [-0.4, -0.2) is 47.6 Å². The average molecular weight is 220 g/mol. The molecule has 0 spiro atoms. The molecule has 0 saturated carbocycles. The number of hydrogen-bond donors (Lipinski definition) is 0. The van der Waals surface area contributed by atoms with E-state index in [4.69, 9.17) is 0 Å². The highest BCUT2D eigenvalue weighted by Gasteiger charge is 2.21. The van der Waals surface area contributed by atoms with Crippen molar-refractivity contribution in [3.8, 4) is 0 Å². The van der Waals surface area contributed by atoms with Crippen molar-refractivity contribution in [2.45, 2.75) is 25.8 Å². The number of rotatable bonds is 3. The third kappa shape index (κ3) is 2.50. The minimum absolute atomic E-state index is 0.739. The van der Waals surface area contributed by atoms with Gasteiger partial charge in [0.05, 0.1) is 0 Å². The standard InChI is InChI=1S/C12H20N4/c1-3-15(2)11-5-8-16(9-6-11)12-4-7-13-10-14-12/h4,7,10-11H,3,5-6,8-9H2,1-2H3. The van der Waals surface area contributed by atoms with E-state index in [1.54, 1.807) is 6.33 Å². The monoisotopic (exact) mass is 220 g/mol. The Labute approximate surface area is 97.3 Å². The van der Waals surface area contributed by atoms with Crippen LogP contribution in [0.5, 0.6) is 0 Å². The highest BCUT2D eigenvalue weighted by atomic mass is 15.2. The fraction of sp³-hybridized carbons (Fsp3) is 0.667. The van der Waals surface area contributed by atoms with E-state index in [-0.39, 0.29) is 0 Å². The van der Waals surface area contributed by atoms with Gasteiger partial charge in [0.25, 0.3) is 0 Å². The highest BCUT2D eigenvalue weighted by Crippen LogP contribution is 2.19. The molecule has 4 nitrogen and oxygen atoms in total. The van der Waals surface area contributed by atoms with E-state index < -0.39 is 0 Å². The number of hydrogen-bond acceptors (Lipinski definition) is 4. The zero-order chi connectivity index (χ0) is 11.4. The van der Waals surface area contributed by atoms with Crippen molar-refractivity contribution in [1.29, 1.82) is 0 Å². The molecule has 1 fully saturated rings. The topological polar surface area (TPSA) is 32.3 Å². The van der Waals surface area contributed by atoms with Crippen LogP contribution in [-0.2, 0) is 0 Å². The number of aromatic nitrogens is 2. The Kier molecular flexibility index (Phi) is 3.72. The average Bonchev–Trinajstić information content (AvgIpc) is 2.39. The van der Waals surface area contributed by atoms with Gasteiger partial charge < -0.3 is 9.80 Å². The molecule has 1 saturated heterocycles. The molecule has 0 aliphatic carbocycles. The third-order valence-electron chi connectivity index (χ3n) is 3.48. The largest absolute Gasteiger partial charge is 0.356 e. The molecule has 1 aliphatic rings. The molecule has 0 N–H and O–H groups in total. The number of anilines is 1. The summed E-state index contributed by atoms with van der Waals surface area (Å²) in [6, 6.07) is 2.73. The lowest BCUT2D eigenvalue weighted by Crippen LogP contribution is -2.43. The Morgan fingerprint density at radius 3 is 2.75 bits per heavy atom. The predicted molar refractivity (Wildman–Crippen MR) is 65.6 cm³/mol. The number of piperidine rings is 1. The van der Waals surface area contributed by atoms with Gasteiger partial charge in [0.2, 0.25) is 0 Å². The molecule has 0 aromatic carbocycles. The summed E-state index contributed by atoms with van der Waals surface area (Å²) in [6.45, 7) is 5.56. The van der Waals surface area contributed by atoms with Gasteiger partial charge in [0, 0.05) is 25.3 Å². The summed E-state index contributed by atoms with van der Waals surface area (Å²) >= 11 is 0. The fourth-order valence-electron chi connectivity index (χ4n) is 2.26. The summed E-state index contributed by atoms with van der Waals surface area (Å²) < 4.78 is 0. The molecule has 4 heteroatoms. The summed E-state index contributed by atoms with van der Waals surface area (Å²) in [5.41, 5.74) is 0. The lowest BCUT2D eigenvalue weighted by atomic mass is 10.0. The van der Waals surface area contributed by atoms with Crippen molar-refractivity contribution < 1.29 is 0 Å². The lowest BCUT2D eigenvalue weighted by molar-refractivity contribution is 0.217. The number of nitrogens with zero attached hydrogens (tertiary/aromatic N) is 4. The molecule has 2 rings (SSSR count). The summed E-state index contributed by atoms with van der Waals surface area (Å²) in [4.78, 5) is 13.0. The van der Waals surface area contributed by atoms with E-state index in [1.807, 2.05) is 12.3 Å². The third-order valence-corrected chi connectivity index (χ3v) is 3.48.